The van der Waals surface area contributed by atoms with Crippen molar-refractivity contribution in [3.8, 4) is 0 Å². The summed E-state index contributed by atoms with van der Waals surface area (Å²) in [4.78, 5) is 22.7. The molecular formula is C13H15FN2O5. The van der Waals surface area contributed by atoms with Crippen LogP contribution in [0.25, 0.3) is 0 Å². The molecule has 1 saturated heterocycles. The highest BCUT2D eigenvalue weighted by Crippen LogP contribution is 2.30. The summed E-state index contributed by atoms with van der Waals surface area (Å²) in [6.07, 6.45) is -0.284. The van der Waals surface area contributed by atoms with Gasteiger partial charge in [0.2, 0.25) is 0 Å². The second kappa shape index (κ2) is 5.65. The van der Waals surface area contributed by atoms with Crippen LogP contribution in [0, 0.1) is 15.9 Å². The van der Waals surface area contributed by atoms with Gasteiger partial charge < -0.3 is 14.7 Å². The lowest BCUT2D eigenvalue weighted by molar-refractivity contribution is -0.385. The third kappa shape index (κ3) is 3.10. The number of benzene rings is 1. The van der Waals surface area contributed by atoms with Crippen LogP contribution in [0.5, 0.6) is 0 Å². The SMILES string of the molecule is C[C@@H]1CN(c2cc(C(=O)O)c([N+](=O)[O-])cc2F)C[C@H](C)O1. The van der Waals surface area contributed by atoms with Gasteiger partial charge in [-0.15, -0.1) is 0 Å². The van der Waals surface area contributed by atoms with Crippen molar-refractivity contribution in [3.63, 3.8) is 0 Å². The van der Waals surface area contributed by atoms with Gasteiger partial charge in [0, 0.05) is 13.1 Å². The molecule has 1 aliphatic heterocycles. The molecule has 0 aromatic heterocycles. The quantitative estimate of drug-likeness (QED) is 0.678. The molecule has 0 aliphatic carbocycles. The van der Waals surface area contributed by atoms with E-state index in [4.69, 9.17) is 9.84 Å². The van der Waals surface area contributed by atoms with Crippen molar-refractivity contribution in [3.05, 3.63) is 33.6 Å². The van der Waals surface area contributed by atoms with Crippen molar-refractivity contribution < 1.29 is 24.0 Å². The number of halogens is 1. The van der Waals surface area contributed by atoms with Gasteiger partial charge >= 0.3 is 5.97 Å². The van der Waals surface area contributed by atoms with Crippen LogP contribution in [0.3, 0.4) is 0 Å². The molecule has 114 valence electrons. The first-order valence-electron chi connectivity index (χ1n) is 6.41. The van der Waals surface area contributed by atoms with Crippen molar-refractivity contribution in [2.45, 2.75) is 26.1 Å². The van der Waals surface area contributed by atoms with Gasteiger partial charge in [0.25, 0.3) is 5.69 Å². The van der Waals surface area contributed by atoms with Crippen molar-refractivity contribution in [2.75, 3.05) is 18.0 Å². The van der Waals surface area contributed by atoms with E-state index in [2.05, 4.69) is 0 Å². The smallest absolute Gasteiger partial charge is 0.342 e. The van der Waals surface area contributed by atoms with E-state index in [9.17, 15) is 19.3 Å². The molecule has 8 heteroatoms. The Morgan fingerprint density at radius 2 is 2.00 bits per heavy atom. The van der Waals surface area contributed by atoms with E-state index >= 15 is 0 Å². The number of rotatable bonds is 3. The highest BCUT2D eigenvalue weighted by atomic mass is 19.1. The molecule has 1 aromatic rings. The van der Waals surface area contributed by atoms with E-state index in [0.29, 0.717) is 19.2 Å². The van der Waals surface area contributed by atoms with Gasteiger partial charge in [-0.2, -0.15) is 0 Å². The van der Waals surface area contributed by atoms with Gasteiger partial charge in [-0.25, -0.2) is 9.18 Å². The van der Waals surface area contributed by atoms with Crippen molar-refractivity contribution in [1.29, 1.82) is 0 Å². The molecule has 0 bridgehead atoms. The number of nitrogens with zero attached hydrogens (tertiary/aromatic N) is 2. The number of morpholine rings is 1. The summed E-state index contributed by atoms with van der Waals surface area (Å²) in [6, 6.07) is 1.67. The van der Waals surface area contributed by atoms with Gasteiger partial charge in [0.15, 0.2) is 5.82 Å². The maximum atomic E-state index is 14.1. The summed E-state index contributed by atoms with van der Waals surface area (Å²) in [5.74, 6) is -2.27. The number of nitro benzene ring substituents is 1. The summed E-state index contributed by atoms with van der Waals surface area (Å²) in [7, 11) is 0. The minimum absolute atomic E-state index is 0.0417. The van der Waals surface area contributed by atoms with Crippen LogP contribution in [0.4, 0.5) is 15.8 Å². The van der Waals surface area contributed by atoms with Crippen LogP contribution < -0.4 is 4.90 Å². The van der Waals surface area contributed by atoms with E-state index < -0.39 is 28.0 Å². The number of carboxylic acids is 1. The van der Waals surface area contributed by atoms with E-state index in [-0.39, 0.29) is 17.9 Å². The number of anilines is 1. The van der Waals surface area contributed by atoms with Gasteiger partial charge in [-0.05, 0) is 19.9 Å². The number of carboxylic acid groups (broad SMARTS) is 1. The zero-order valence-electron chi connectivity index (χ0n) is 11.6. The van der Waals surface area contributed by atoms with E-state index in [0.717, 1.165) is 6.07 Å². The Hall–Kier alpha value is -2.22. The molecule has 1 N–H and O–H groups in total. The number of hydrogen-bond acceptors (Lipinski definition) is 5. The van der Waals surface area contributed by atoms with Crippen molar-refractivity contribution in [1.82, 2.24) is 0 Å². The fraction of sp³-hybridized carbons (Fsp3) is 0.462. The molecule has 0 radical (unpaired) electrons. The number of aromatic carboxylic acids is 1. The van der Waals surface area contributed by atoms with Crippen molar-refractivity contribution >= 4 is 17.3 Å². The highest BCUT2D eigenvalue weighted by Gasteiger charge is 2.29. The molecule has 7 nitrogen and oxygen atoms in total. The van der Waals surface area contributed by atoms with Crippen LogP contribution in [0.15, 0.2) is 12.1 Å². The molecule has 1 heterocycles. The Labute approximate surface area is 120 Å². The van der Waals surface area contributed by atoms with Crippen LogP contribution in [-0.2, 0) is 4.74 Å². The lowest BCUT2D eigenvalue weighted by atomic mass is 10.1. The maximum absolute atomic E-state index is 14.1. The molecule has 0 saturated carbocycles. The van der Waals surface area contributed by atoms with Crippen LogP contribution in [-0.4, -0.2) is 41.3 Å². The van der Waals surface area contributed by atoms with E-state index in [1.54, 1.807) is 4.90 Å². The third-order valence-electron chi connectivity index (χ3n) is 3.25. The first-order chi connectivity index (χ1) is 9.79. The lowest BCUT2D eigenvalue weighted by Gasteiger charge is -2.37. The van der Waals surface area contributed by atoms with Crippen LogP contribution >= 0.6 is 0 Å². The Balaban J connectivity index is 2.47. The molecule has 2 atom stereocenters. The molecule has 1 aliphatic rings. The molecule has 0 spiro atoms. The molecule has 21 heavy (non-hydrogen) atoms. The first-order valence-corrected chi connectivity index (χ1v) is 6.41. The number of ether oxygens (including phenoxy) is 1. The highest BCUT2D eigenvalue weighted by molar-refractivity contribution is 5.93. The van der Waals surface area contributed by atoms with Gasteiger partial charge in [-0.1, -0.05) is 0 Å². The zero-order chi connectivity index (χ0) is 15.7. The predicted molar refractivity (Wildman–Crippen MR) is 72.2 cm³/mol. The topological polar surface area (TPSA) is 92.9 Å². The van der Waals surface area contributed by atoms with Gasteiger partial charge in [0.05, 0.1) is 28.9 Å². The second-order valence-corrected chi connectivity index (χ2v) is 5.05. The van der Waals surface area contributed by atoms with Gasteiger partial charge in [-0.3, -0.25) is 10.1 Å². The maximum Gasteiger partial charge on any atom is 0.342 e. The summed E-state index contributed by atoms with van der Waals surface area (Å²) in [6.45, 7) is 4.42. The largest absolute Gasteiger partial charge is 0.477 e. The second-order valence-electron chi connectivity index (χ2n) is 5.05. The Kier molecular flexibility index (Phi) is 4.08. The first kappa shape index (κ1) is 15.2. The third-order valence-corrected chi connectivity index (χ3v) is 3.25. The number of carbonyl (C=O) groups is 1. The lowest BCUT2D eigenvalue weighted by Crippen LogP contribution is -2.45. The fourth-order valence-electron chi connectivity index (χ4n) is 2.49. The minimum Gasteiger partial charge on any atom is -0.477 e. The van der Waals surface area contributed by atoms with Crippen LogP contribution in [0.2, 0.25) is 0 Å². The molecule has 0 unspecified atom stereocenters. The van der Waals surface area contributed by atoms with E-state index in [1.165, 1.54) is 0 Å². The Morgan fingerprint density at radius 3 is 2.48 bits per heavy atom. The Bertz CT molecular complexity index is 582. The molecule has 1 aromatic carbocycles. The van der Waals surface area contributed by atoms with Crippen LogP contribution in [0.1, 0.15) is 24.2 Å². The predicted octanol–water partition coefficient (Wildman–Crippen LogP) is 2.05. The zero-order valence-corrected chi connectivity index (χ0v) is 11.6. The van der Waals surface area contributed by atoms with Gasteiger partial charge in [0.1, 0.15) is 5.56 Å². The minimum atomic E-state index is -1.46. The summed E-state index contributed by atoms with van der Waals surface area (Å²) >= 11 is 0. The standard InChI is InChI=1S/C13H15FN2O5/c1-7-5-15(6-8(2)21-7)12-3-9(13(17)18)11(16(19)20)4-10(12)14/h3-4,7-8H,5-6H2,1-2H3,(H,17,18)/t7-,8+. The summed E-state index contributed by atoms with van der Waals surface area (Å²) in [5, 5.41) is 19.9. The molecule has 2 rings (SSSR count). The van der Waals surface area contributed by atoms with Crippen molar-refractivity contribution in [2.24, 2.45) is 0 Å². The normalized spacial score (nSPS) is 22.1. The average Bonchev–Trinajstić information content (AvgIpc) is 2.36. The number of nitro groups is 1. The van der Waals surface area contributed by atoms with E-state index in [1.807, 2.05) is 13.8 Å². The summed E-state index contributed by atoms with van der Waals surface area (Å²) < 4.78 is 19.6. The molecule has 1 fully saturated rings. The summed E-state index contributed by atoms with van der Waals surface area (Å²) in [5.41, 5.74) is -1.23. The average molecular weight is 298 g/mol. The molecular weight excluding hydrogens is 283 g/mol. The fourth-order valence-corrected chi connectivity index (χ4v) is 2.49. The molecule has 0 amide bonds. The number of hydrogen-bond donors (Lipinski definition) is 1. The monoisotopic (exact) mass is 298 g/mol. The Morgan fingerprint density at radius 1 is 1.43 bits per heavy atom.